The lowest BCUT2D eigenvalue weighted by atomic mass is 10.1. The van der Waals surface area contributed by atoms with Crippen molar-refractivity contribution in [2.45, 2.75) is 33.1 Å². The Balaban J connectivity index is 1.50. The Labute approximate surface area is 219 Å². The summed E-state index contributed by atoms with van der Waals surface area (Å²) >= 11 is 12.3. The van der Waals surface area contributed by atoms with Crippen LogP contribution in [-0.2, 0) is 16.0 Å². The molecule has 184 valence electrons. The zero-order chi connectivity index (χ0) is 25.8. The van der Waals surface area contributed by atoms with Gasteiger partial charge < -0.3 is 10.6 Å². The second-order valence-electron chi connectivity index (χ2n) is 8.52. The van der Waals surface area contributed by atoms with Crippen LogP contribution in [0, 0.1) is 6.92 Å². The topological polar surface area (TPSA) is 78.5 Å². The van der Waals surface area contributed by atoms with Gasteiger partial charge in [0.1, 0.15) is 10.7 Å². The number of amides is 3. The van der Waals surface area contributed by atoms with E-state index in [1.165, 1.54) is 0 Å². The van der Waals surface area contributed by atoms with Gasteiger partial charge in [-0.1, -0.05) is 60.8 Å². The lowest BCUT2D eigenvalue weighted by Gasteiger charge is -2.16. The molecular weight excluding hydrogens is 497 g/mol. The van der Waals surface area contributed by atoms with Crippen molar-refractivity contribution in [3.63, 3.8) is 0 Å². The number of carbonyl (C=O) groups is 3. The number of hydrogen-bond donors (Lipinski definition) is 2. The minimum Gasteiger partial charge on any atom is -0.350 e. The van der Waals surface area contributed by atoms with Crippen LogP contribution in [0.15, 0.2) is 77.5 Å². The standard InChI is InChI=1S/C28H25Cl2N3O3/c1-3-4-6-18-10-13-22(14-11-18)33-27(35)24(30)25(28(33)36)31-21-8-5-7-19(15-21)26(34)32-23-16-20(29)12-9-17(23)2/h5,7-16,31H,3-4,6H2,1-2H3,(H,32,34). The number of imide groups is 1. The van der Waals surface area contributed by atoms with Gasteiger partial charge in [0.25, 0.3) is 17.7 Å². The van der Waals surface area contributed by atoms with E-state index < -0.39 is 11.8 Å². The van der Waals surface area contributed by atoms with E-state index in [0.717, 1.165) is 35.3 Å². The average Bonchev–Trinajstić information content (AvgIpc) is 3.08. The number of rotatable bonds is 8. The van der Waals surface area contributed by atoms with Gasteiger partial charge in [0.2, 0.25) is 0 Å². The predicted octanol–water partition coefficient (Wildman–Crippen LogP) is 6.68. The minimum absolute atomic E-state index is 0.0417. The van der Waals surface area contributed by atoms with E-state index in [1.807, 2.05) is 25.1 Å². The highest BCUT2D eigenvalue weighted by Crippen LogP contribution is 2.31. The SMILES string of the molecule is CCCCc1ccc(N2C(=O)C(Cl)=C(Nc3cccc(C(=O)Nc4cc(Cl)ccc4C)c3)C2=O)cc1. The van der Waals surface area contributed by atoms with Crippen molar-refractivity contribution < 1.29 is 14.4 Å². The van der Waals surface area contributed by atoms with Gasteiger partial charge in [-0.2, -0.15) is 0 Å². The molecule has 3 aromatic carbocycles. The number of halogens is 2. The van der Waals surface area contributed by atoms with Gasteiger partial charge in [0.05, 0.1) is 5.69 Å². The first kappa shape index (κ1) is 25.5. The molecule has 0 radical (unpaired) electrons. The number of aryl methyl sites for hydroxylation is 2. The molecule has 1 aliphatic heterocycles. The normalized spacial score (nSPS) is 13.4. The summed E-state index contributed by atoms with van der Waals surface area (Å²) in [7, 11) is 0. The summed E-state index contributed by atoms with van der Waals surface area (Å²) in [5, 5.41) is 6.07. The van der Waals surface area contributed by atoms with Crippen LogP contribution in [0.1, 0.15) is 41.3 Å². The second-order valence-corrected chi connectivity index (χ2v) is 9.34. The third-order valence-corrected chi connectivity index (χ3v) is 6.47. The molecule has 1 aliphatic rings. The van der Waals surface area contributed by atoms with Gasteiger partial charge >= 0.3 is 0 Å². The van der Waals surface area contributed by atoms with Crippen molar-refractivity contribution >= 4 is 58.0 Å². The van der Waals surface area contributed by atoms with Gasteiger partial charge in [-0.15, -0.1) is 0 Å². The molecule has 0 aromatic heterocycles. The molecule has 0 fully saturated rings. The highest BCUT2D eigenvalue weighted by Gasteiger charge is 2.39. The maximum Gasteiger partial charge on any atom is 0.283 e. The fraction of sp³-hybridized carbons (Fsp3) is 0.179. The molecule has 0 atom stereocenters. The highest BCUT2D eigenvalue weighted by molar-refractivity contribution is 6.53. The Morgan fingerprint density at radius 2 is 1.69 bits per heavy atom. The molecule has 0 spiro atoms. The van der Waals surface area contributed by atoms with E-state index in [-0.39, 0.29) is 16.6 Å². The molecule has 4 rings (SSSR count). The summed E-state index contributed by atoms with van der Waals surface area (Å²) in [5.41, 5.74) is 3.81. The van der Waals surface area contributed by atoms with E-state index in [4.69, 9.17) is 23.2 Å². The van der Waals surface area contributed by atoms with E-state index in [2.05, 4.69) is 17.6 Å². The number of unbranched alkanes of at least 4 members (excludes halogenated alkanes) is 1. The fourth-order valence-corrected chi connectivity index (χ4v) is 4.23. The molecule has 3 amide bonds. The first-order valence-electron chi connectivity index (χ1n) is 11.6. The van der Waals surface area contributed by atoms with E-state index >= 15 is 0 Å². The van der Waals surface area contributed by atoms with Crippen LogP contribution in [0.25, 0.3) is 0 Å². The smallest absolute Gasteiger partial charge is 0.283 e. The molecule has 1 heterocycles. The zero-order valence-electron chi connectivity index (χ0n) is 19.9. The fourth-order valence-electron chi connectivity index (χ4n) is 3.84. The van der Waals surface area contributed by atoms with Crippen molar-refractivity contribution in [1.82, 2.24) is 0 Å². The quantitative estimate of drug-likeness (QED) is 0.324. The highest BCUT2D eigenvalue weighted by atomic mass is 35.5. The molecule has 0 aliphatic carbocycles. The molecule has 8 heteroatoms. The molecule has 0 bridgehead atoms. The molecular formula is C28H25Cl2N3O3. The Morgan fingerprint density at radius 1 is 0.944 bits per heavy atom. The van der Waals surface area contributed by atoms with Crippen LogP contribution in [-0.4, -0.2) is 17.7 Å². The Kier molecular flexibility index (Phi) is 7.77. The lowest BCUT2D eigenvalue weighted by Crippen LogP contribution is -2.32. The molecule has 0 saturated heterocycles. The van der Waals surface area contributed by atoms with E-state index in [0.29, 0.717) is 27.6 Å². The monoisotopic (exact) mass is 521 g/mol. The van der Waals surface area contributed by atoms with Gasteiger partial charge in [-0.3, -0.25) is 14.4 Å². The van der Waals surface area contributed by atoms with Crippen LogP contribution >= 0.6 is 23.2 Å². The van der Waals surface area contributed by atoms with Crippen LogP contribution in [0.4, 0.5) is 17.1 Å². The first-order chi connectivity index (χ1) is 17.3. The summed E-state index contributed by atoms with van der Waals surface area (Å²) in [5.74, 6) is -1.51. The summed E-state index contributed by atoms with van der Waals surface area (Å²) in [4.78, 5) is 39.8. The van der Waals surface area contributed by atoms with Crippen molar-refractivity contribution in [2.24, 2.45) is 0 Å². The van der Waals surface area contributed by atoms with Crippen LogP contribution in [0.5, 0.6) is 0 Å². The number of benzene rings is 3. The van der Waals surface area contributed by atoms with Crippen molar-refractivity contribution in [1.29, 1.82) is 0 Å². The third-order valence-electron chi connectivity index (χ3n) is 5.88. The van der Waals surface area contributed by atoms with Crippen LogP contribution < -0.4 is 15.5 Å². The number of nitrogens with one attached hydrogen (secondary N) is 2. The summed E-state index contributed by atoms with van der Waals surface area (Å²) < 4.78 is 0. The number of hydrogen-bond acceptors (Lipinski definition) is 4. The summed E-state index contributed by atoms with van der Waals surface area (Å²) in [6.45, 7) is 3.99. The maximum atomic E-state index is 13.1. The molecule has 0 unspecified atom stereocenters. The zero-order valence-corrected chi connectivity index (χ0v) is 21.4. The molecule has 3 aromatic rings. The van der Waals surface area contributed by atoms with Gasteiger partial charge in [-0.25, -0.2) is 4.90 Å². The minimum atomic E-state index is -0.601. The van der Waals surface area contributed by atoms with Gasteiger partial charge in [-0.05, 0) is 73.4 Å². The van der Waals surface area contributed by atoms with Crippen LogP contribution in [0.2, 0.25) is 5.02 Å². The Bertz CT molecular complexity index is 1370. The molecule has 6 nitrogen and oxygen atoms in total. The largest absolute Gasteiger partial charge is 0.350 e. The van der Waals surface area contributed by atoms with Crippen molar-refractivity contribution in [3.05, 3.63) is 99.2 Å². The predicted molar refractivity (Wildman–Crippen MR) is 145 cm³/mol. The molecule has 2 N–H and O–H groups in total. The van der Waals surface area contributed by atoms with Crippen molar-refractivity contribution in [3.8, 4) is 0 Å². The molecule has 0 saturated carbocycles. The summed E-state index contributed by atoms with van der Waals surface area (Å²) in [6, 6.07) is 19.1. The Hall–Kier alpha value is -3.61. The number of carbonyl (C=O) groups excluding carboxylic acids is 3. The third kappa shape index (κ3) is 5.45. The summed E-state index contributed by atoms with van der Waals surface area (Å²) in [6.07, 6.45) is 3.09. The molecule has 36 heavy (non-hydrogen) atoms. The van der Waals surface area contributed by atoms with E-state index in [1.54, 1.807) is 48.5 Å². The first-order valence-corrected chi connectivity index (χ1v) is 12.4. The lowest BCUT2D eigenvalue weighted by molar-refractivity contribution is -0.120. The maximum absolute atomic E-state index is 13.1. The number of anilines is 3. The van der Waals surface area contributed by atoms with Crippen molar-refractivity contribution in [2.75, 3.05) is 15.5 Å². The van der Waals surface area contributed by atoms with E-state index in [9.17, 15) is 14.4 Å². The van der Waals surface area contributed by atoms with Gasteiger partial charge in [0.15, 0.2) is 0 Å². The average molecular weight is 522 g/mol. The number of nitrogens with zero attached hydrogens (tertiary/aromatic N) is 1. The van der Waals surface area contributed by atoms with Crippen LogP contribution in [0.3, 0.4) is 0 Å². The second kappa shape index (κ2) is 11.0. The Morgan fingerprint density at radius 3 is 2.42 bits per heavy atom. The van der Waals surface area contributed by atoms with Gasteiger partial charge in [0, 0.05) is 22.0 Å².